The molecule has 2 atom stereocenters. The number of halogens is 1. The molecule has 0 aromatic heterocycles. The second-order valence-corrected chi connectivity index (χ2v) is 11.3. The highest BCUT2D eigenvalue weighted by Crippen LogP contribution is 2.44. The lowest BCUT2D eigenvalue weighted by atomic mass is 10.0. The quantitative estimate of drug-likeness (QED) is 0.431. The number of benzene rings is 1. The number of carboxylic acids is 1. The van der Waals surface area contributed by atoms with Crippen LogP contribution in [0.3, 0.4) is 0 Å². The van der Waals surface area contributed by atoms with Crippen molar-refractivity contribution in [2.24, 2.45) is 10.2 Å². The molecule has 2 aliphatic heterocycles. The molecular weight excluding hydrogens is 486 g/mol. The van der Waals surface area contributed by atoms with Crippen LogP contribution >= 0.6 is 11.6 Å². The number of sulfonamides is 1. The highest BCUT2D eigenvalue weighted by Gasteiger charge is 2.56. The highest BCUT2D eigenvalue weighted by molar-refractivity contribution is 7.91. The fraction of sp³-hybridized carbons (Fsp3) is 0.524. The maximum Gasteiger partial charge on any atom is 0.318 e. The minimum atomic E-state index is -3.89. The minimum Gasteiger partial charge on any atom is -0.480 e. The molecule has 2 bridgehead atoms. The molecule has 1 saturated carbocycles. The van der Waals surface area contributed by atoms with Crippen LogP contribution in [0.15, 0.2) is 46.1 Å². The number of carbonyl (C=O) groups excluding carboxylic acids is 1. The van der Waals surface area contributed by atoms with Crippen LogP contribution in [-0.4, -0.2) is 67.3 Å². The van der Waals surface area contributed by atoms with E-state index in [2.05, 4.69) is 20.3 Å². The van der Waals surface area contributed by atoms with Crippen LogP contribution in [0.2, 0.25) is 5.02 Å². The first-order chi connectivity index (χ1) is 16.1. The summed E-state index contributed by atoms with van der Waals surface area (Å²) in [5, 5.41) is 21.3. The molecule has 3 aliphatic rings. The van der Waals surface area contributed by atoms with E-state index in [1.807, 2.05) is 12.1 Å². The summed E-state index contributed by atoms with van der Waals surface area (Å²) in [6, 6.07) is 6.92. The lowest BCUT2D eigenvalue weighted by Crippen LogP contribution is -2.41. The Morgan fingerprint density at radius 2 is 2.00 bits per heavy atom. The molecule has 1 unspecified atom stereocenters. The second-order valence-electron chi connectivity index (χ2n) is 8.70. The molecule has 1 aliphatic carbocycles. The Morgan fingerprint density at radius 3 is 2.65 bits per heavy atom. The number of carboxylic acid groups (broad SMARTS) is 1. The van der Waals surface area contributed by atoms with Gasteiger partial charge in [0.2, 0.25) is 15.9 Å². The summed E-state index contributed by atoms with van der Waals surface area (Å²) in [4.78, 5) is 25.1. The molecule has 1 aromatic carbocycles. The number of fused-ring (bicyclic) bond motifs is 2. The van der Waals surface area contributed by atoms with Crippen molar-refractivity contribution < 1.29 is 27.9 Å². The van der Waals surface area contributed by atoms with Crippen LogP contribution in [0.5, 0.6) is 0 Å². The predicted molar refractivity (Wildman–Crippen MR) is 122 cm³/mol. The van der Waals surface area contributed by atoms with E-state index in [0.717, 1.165) is 5.56 Å². The van der Waals surface area contributed by atoms with Crippen molar-refractivity contribution in [3.05, 3.63) is 46.4 Å². The van der Waals surface area contributed by atoms with Crippen LogP contribution in [0.1, 0.15) is 31.2 Å². The number of azo groups is 1. The van der Waals surface area contributed by atoms with E-state index in [1.54, 1.807) is 19.2 Å². The van der Waals surface area contributed by atoms with E-state index in [1.165, 1.54) is 4.90 Å². The number of likely N-dealkylation sites (tertiary alicyclic amines) is 1. The molecule has 1 aromatic rings. The Morgan fingerprint density at radius 1 is 1.29 bits per heavy atom. The monoisotopic (exact) mass is 511 g/mol. The molecule has 0 radical (unpaired) electrons. The van der Waals surface area contributed by atoms with E-state index in [9.17, 15) is 18.0 Å². The first-order valence-electron chi connectivity index (χ1n) is 10.8. The van der Waals surface area contributed by atoms with Crippen molar-refractivity contribution in [2.45, 2.75) is 49.1 Å². The lowest BCUT2D eigenvalue weighted by Gasteiger charge is -2.26. The number of amides is 1. The maximum atomic E-state index is 12.8. The molecule has 184 valence electrons. The van der Waals surface area contributed by atoms with Crippen LogP contribution in [0, 0.1) is 0 Å². The van der Waals surface area contributed by atoms with Gasteiger partial charge in [0.1, 0.15) is 17.9 Å². The first-order valence-corrected chi connectivity index (χ1v) is 12.7. The van der Waals surface area contributed by atoms with Crippen LogP contribution in [0.4, 0.5) is 0 Å². The zero-order valence-electron chi connectivity index (χ0n) is 18.5. The average Bonchev–Trinajstić information content (AvgIpc) is 3.62. The summed E-state index contributed by atoms with van der Waals surface area (Å²) in [5.74, 6) is -1.28. The van der Waals surface area contributed by atoms with Crippen molar-refractivity contribution in [1.82, 2.24) is 14.9 Å². The Bertz CT molecular complexity index is 1130. The number of rotatable bonds is 10. The zero-order chi connectivity index (χ0) is 24.5. The van der Waals surface area contributed by atoms with Gasteiger partial charge in [0.25, 0.3) is 5.88 Å². The molecule has 2 fully saturated rings. The Balaban J connectivity index is 1.43. The minimum absolute atomic E-state index is 0.116. The van der Waals surface area contributed by atoms with Gasteiger partial charge in [0.15, 0.2) is 0 Å². The molecule has 11 nitrogen and oxygen atoms in total. The lowest BCUT2D eigenvalue weighted by molar-refractivity contribution is -0.135. The van der Waals surface area contributed by atoms with Gasteiger partial charge < -0.3 is 20.1 Å². The van der Waals surface area contributed by atoms with Crippen molar-refractivity contribution in [1.29, 1.82) is 0 Å². The number of hydrogen-bond donors (Lipinski definition) is 3. The normalized spacial score (nSPS) is 23.6. The number of aliphatic carboxylic acids is 1. The SMILES string of the molecule is CN1C(=O)C[C@@H](NCc2ccc(Cl)cc2)C2CC1=C(OCC1(S(=O)(=O)NCC(=O)O)CC1)N=N2. The topological polar surface area (TPSA) is 150 Å². The fourth-order valence-corrected chi connectivity index (χ4v) is 5.54. The van der Waals surface area contributed by atoms with Gasteiger partial charge in [0.05, 0.1) is 11.7 Å². The van der Waals surface area contributed by atoms with E-state index in [0.29, 0.717) is 36.5 Å². The predicted octanol–water partition coefficient (Wildman–Crippen LogP) is 1.61. The van der Waals surface area contributed by atoms with E-state index in [4.69, 9.17) is 21.4 Å². The molecular formula is C21H26ClN5O6S. The molecule has 34 heavy (non-hydrogen) atoms. The van der Waals surface area contributed by atoms with Crippen LogP contribution < -0.4 is 10.0 Å². The number of nitrogens with one attached hydrogen (secondary N) is 2. The number of nitrogens with zero attached hydrogens (tertiary/aromatic N) is 3. The molecule has 1 amide bonds. The number of carbonyl (C=O) groups is 2. The van der Waals surface area contributed by atoms with Crippen molar-refractivity contribution in [3.63, 3.8) is 0 Å². The molecule has 4 rings (SSSR count). The largest absolute Gasteiger partial charge is 0.480 e. The molecule has 13 heteroatoms. The van der Waals surface area contributed by atoms with E-state index >= 15 is 0 Å². The highest BCUT2D eigenvalue weighted by atomic mass is 35.5. The van der Waals surface area contributed by atoms with Crippen LogP contribution in [-0.2, 0) is 30.9 Å². The van der Waals surface area contributed by atoms with Gasteiger partial charge in [-0.1, -0.05) is 23.7 Å². The Kier molecular flexibility index (Phi) is 6.94. The first kappa shape index (κ1) is 24.6. The van der Waals surface area contributed by atoms with Crippen LogP contribution in [0.25, 0.3) is 0 Å². The summed E-state index contributed by atoms with van der Waals surface area (Å²) < 4.78 is 31.7. The van der Waals surface area contributed by atoms with Gasteiger partial charge in [0, 0.05) is 37.5 Å². The summed E-state index contributed by atoms with van der Waals surface area (Å²) in [6.07, 6.45) is 1.32. The fourth-order valence-electron chi connectivity index (χ4n) is 3.94. The zero-order valence-corrected chi connectivity index (χ0v) is 20.1. The Labute approximate surface area is 202 Å². The molecule has 3 N–H and O–H groups in total. The third-order valence-electron chi connectivity index (χ3n) is 6.33. The maximum absolute atomic E-state index is 12.8. The standard InChI is InChI=1S/C21H26ClN5O6S/c1-27-17-8-16(15(9-18(27)28)23-10-13-2-4-14(22)5-3-13)25-26-20(17)33-12-21(6-7-21)34(31,32)24-11-19(29)30/h2-5,15-16,23-24H,6-12H2,1H3,(H,29,30)/t15-,16?/m1/s1. The second kappa shape index (κ2) is 9.61. The van der Waals surface area contributed by atoms with Gasteiger partial charge in [-0.15, -0.1) is 5.11 Å². The third kappa shape index (κ3) is 5.24. The van der Waals surface area contributed by atoms with Gasteiger partial charge in [-0.3, -0.25) is 9.59 Å². The van der Waals surface area contributed by atoms with E-state index in [-0.39, 0.29) is 36.9 Å². The van der Waals surface area contributed by atoms with Gasteiger partial charge in [-0.2, -0.15) is 5.11 Å². The summed E-state index contributed by atoms with van der Waals surface area (Å²) in [7, 11) is -2.25. The van der Waals surface area contributed by atoms with Gasteiger partial charge >= 0.3 is 5.97 Å². The number of ether oxygens (including phenoxy) is 1. The number of hydrogen-bond acceptors (Lipinski definition) is 8. The average molecular weight is 512 g/mol. The smallest absolute Gasteiger partial charge is 0.318 e. The summed E-state index contributed by atoms with van der Waals surface area (Å²) >= 11 is 5.94. The Hall–Kier alpha value is -2.54. The molecule has 0 spiro atoms. The van der Waals surface area contributed by atoms with Gasteiger partial charge in [-0.05, 0) is 30.5 Å². The van der Waals surface area contributed by atoms with Crippen molar-refractivity contribution in [2.75, 3.05) is 20.2 Å². The van der Waals surface area contributed by atoms with Crippen molar-refractivity contribution in [3.8, 4) is 0 Å². The van der Waals surface area contributed by atoms with Crippen molar-refractivity contribution >= 4 is 33.5 Å². The van der Waals surface area contributed by atoms with E-state index < -0.39 is 27.3 Å². The molecule has 2 heterocycles. The third-order valence-corrected chi connectivity index (χ3v) is 8.77. The summed E-state index contributed by atoms with van der Waals surface area (Å²) in [6.45, 7) is -0.358. The summed E-state index contributed by atoms with van der Waals surface area (Å²) in [5.41, 5.74) is 1.57. The van der Waals surface area contributed by atoms with Gasteiger partial charge in [-0.25, -0.2) is 13.1 Å². The molecule has 1 saturated heterocycles.